The molecule has 288 valence electrons. The molecule has 0 amide bonds. The molecule has 1 aliphatic carbocycles. The van der Waals surface area contributed by atoms with Crippen molar-refractivity contribution in [3.8, 4) is 67.1 Å². The normalized spacial score (nSPS) is 12.9. The topological polar surface area (TPSA) is 9.86 Å². The molecule has 2 heteroatoms. The zero-order valence-electron chi connectivity index (χ0n) is 34.2. The maximum Gasteiger partial charge on any atom is 0.0703 e. The third-order valence-corrected chi connectivity index (χ3v) is 13.1. The molecule has 0 N–H and O–H groups in total. The van der Waals surface area contributed by atoms with Gasteiger partial charge in [-0.15, -0.1) is 0 Å². The van der Waals surface area contributed by atoms with Crippen LogP contribution in [-0.2, 0) is 5.41 Å². The fourth-order valence-electron chi connectivity index (χ4n) is 10.4. The molecule has 2 aromatic heterocycles. The number of nitrogens with zero attached hydrogens (tertiary/aromatic N) is 2. The van der Waals surface area contributed by atoms with Crippen LogP contribution in [0.15, 0.2) is 218 Å². The maximum absolute atomic E-state index is 2.54. The summed E-state index contributed by atoms with van der Waals surface area (Å²) in [6, 6.07) is 80.2. The first-order chi connectivity index (χ1) is 30.1. The van der Waals surface area contributed by atoms with Gasteiger partial charge in [0.1, 0.15) is 0 Å². The molecule has 0 aliphatic heterocycles. The van der Waals surface area contributed by atoms with Crippen LogP contribution in [0.1, 0.15) is 25.0 Å². The summed E-state index contributed by atoms with van der Waals surface area (Å²) in [5.74, 6) is 0. The second-order valence-corrected chi connectivity index (χ2v) is 16.9. The number of aromatic nitrogens is 2. The molecule has 0 saturated carbocycles. The van der Waals surface area contributed by atoms with Gasteiger partial charge >= 0.3 is 0 Å². The molecule has 61 heavy (non-hydrogen) atoms. The van der Waals surface area contributed by atoms with Crippen molar-refractivity contribution in [3.63, 3.8) is 0 Å². The van der Waals surface area contributed by atoms with Crippen LogP contribution in [0.4, 0.5) is 0 Å². The maximum atomic E-state index is 2.54. The fourth-order valence-corrected chi connectivity index (χ4v) is 10.4. The molecular weight excluding hydrogens is 737 g/mol. The lowest BCUT2D eigenvalue weighted by molar-refractivity contribution is 0.666. The van der Waals surface area contributed by atoms with Crippen molar-refractivity contribution in [1.82, 2.24) is 9.13 Å². The minimum absolute atomic E-state index is 0.141. The Hall–Kier alpha value is -7.68. The van der Waals surface area contributed by atoms with Gasteiger partial charge < -0.3 is 9.13 Å². The summed E-state index contributed by atoms with van der Waals surface area (Å²) in [7, 11) is 0. The van der Waals surface area contributed by atoms with E-state index < -0.39 is 0 Å². The van der Waals surface area contributed by atoms with Gasteiger partial charge in [-0.2, -0.15) is 0 Å². The van der Waals surface area contributed by atoms with Crippen LogP contribution >= 0.6 is 0 Å². The van der Waals surface area contributed by atoms with Crippen molar-refractivity contribution in [1.29, 1.82) is 0 Å². The zero-order valence-corrected chi connectivity index (χ0v) is 34.2. The van der Waals surface area contributed by atoms with E-state index in [9.17, 15) is 0 Å². The Kier molecular flexibility index (Phi) is 7.92. The van der Waals surface area contributed by atoms with Crippen LogP contribution in [0, 0.1) is 0 Å². The van der Waals surface area contributed by atoms with Crippen molar-refractivity contribution >= 4 is 32.7 Å². The van der Waals surface area contributed by atoms with E-state index in [2.05, 4.69) is 241 Å². The van der Waals surface area contributed by atoms with E-state index in [4.69, 9.17) is 0 Å². The van der Waals surface area contributed by atoms with Gasteiger partial charge in [-0.3, -0.25) is 0 Å². The molecule has 0 radical (unpaired) electrons. The molecule has 2 heterocycles. The van der Waals surface area contributed by atoms with Crippen molar-refractivity contribution in [2.75, 3.05) is 0 Å². The van der Waals surface area contributed by atoms with Crippen LogP contribution in [-0.4, -0.2) is 9.13 Å². The van der Waals surface area contributed by atoms with E-state index in [1.54, 1.807) is 0 Å². The monoisotopic (exact) mass is 778 g/mol. The summed E-state index contributed by atoms with van der Waals surface area (Å²) < 4.78 is 5.05. The van der Waals surface area contributed by atoms with Gasteiger partial charge in [-0.1, -0.05) is 190 Å². The smallest absolute Gasteiger partial charge is 0.0703 e. The van der Waals surface area contributed by atoms with Gasteiger partial charge in [0, 0.05) is 27.1 Å². The lowest BCUT2D eigenvalue weighted by Crippen LogP contribution is -2.14. The molecule has 9 aromatic carbocycles. The van der Waals surface area contributed by atoms with E-state index in [0.717, 1.165) is 11.4 Å². The largest absolute Gasteiger partial charge is 0.307 e. The lowest BCUT2D eigenvalue weighted by Gasteiger charge is -2.21. The average Bonchev–Trinajstić information content (AvgIpc) is 3.93. The summed E-state index contributed by atoms with van der Waals surface area (Å²) >= 11 is 0. The molecule has 0 spiro atoms. The van der Waals surface area contributed by atoms with Gasteiger partial charge in [-0.25, -0.2) is 0 Å². The quantitative estimate of drug-likeness (QED) is 0.159. The molecule has 0 unspecified atom stereocenters. The first-order valence-corrected chi connectivity index (χ1v) is 21.3. The number of fused-ring (bicyclic) bond motifs is 8. The summed E-state index contributed by atoms with van der Waals surface area (Å²) in [6.07, 6.45) is 0. The molecule has 0 atom stereocenters. The Morgan fingerprint density at radius 3 is 1.28 bits per heavy atom. The molecule has 0 saturated heterocycles. The van der Waals surface area contributed by atoms with Gasteiger partial charge in [0.2, 0.25) is 0 Å². The highest BCUT2D eigenvalue weighted by Crippen LogP contribution is 2.54. The second-order valence-electron chi connectivity index (χ2n) is 16.9. The molecule has 0 bridgehead atoms. The fraction of sp³-hybridized carbons (Fsp3) is 0.0508. The molecule has 0 fully saturated rings. The lowest BCUT2D eigenvalue weighted by atomic mass is 9.81. The van der Waals surface area contributed by atoms with Gasteiger partial charge in [-0.05, 0) is 98.1 Å². The third-order valence-electron chi connectivity index (χ3n) is 13.1. The first kappa shape index (κ1) is 35.3. The molecular formula is C59H42N2. The van der Waals surface area contributed by atoms with Gasteiger partial charge in [0.25, 0.3) is 0 Å². The van der Waals surface area contributed by atoms with Gasteiger partial charge in [0.15, 0.2) is 0 Å². The zero-order chi connectivity index (χ0) is 40.7. The minimum atomic E-state index is -0.141. The van der Waals surface area contributed by atoms with Crippen molar-refractivity contribution in [3.05, 3.63) is 230 Å². The molecule has 12 rings (SSSR count). The van der Waals surface area contributed by atoms with Crippen LogP contribution in [0.2, 0.25) is 0 Å². The molecule has 1 aliphatic rings. The molecule has 11 aromatic rings. The van der Waals surface area contributed by atoms with Crippen LogP contribution in [0.5, 0.6) is 0 Å². The predicted molar refractivity (Wildman–Crippen MR) is 257 cm³/mol. The summed E-state index contributed by atoms with van der Waals surface area (Å²) in [4.78, 5) is 0. The minimum Gasteiger partial charge on any atom is -0.307 e. The Balaban J connectivity index is 1.15. The summed E-state index contributed by atoms with van der Waals surface area (Å²) in [6.45, 7) is 4.77. The van der Waals surface area contributed by atoms with Crippen LogP contribution < -0.4 is 0 Å². The van der Waals surface area contributed by atoms with Crippen molar-refractivity contribution in [2.45, 2.75) is 19.3 Å². The van der Waals surface area contributed by atoms with E-state index in [1.165, 1.54) is 99.6 Å². The predicted octanol–water partition coefficient (Wildman–Crippen LogP) is 15.7. The van der Waals surface area contributed by atoms with E-state index >= 15 is 0 Å². The first-order valence-electron chi connectivity index (χ1n) is 21.3. The highest BCUT2D eigenvalue weighted by atomic mass is 15.1. The standard InChI is InChI=1S/C59H42N2/c1-59(2)51-29-15-13-27-47(51)58-57(59)48-28-14-16-30-52(48)61(58)56-32-18-17-31-55(56)60-53-35-33-41(45-25-11-9-23-43(45)39-19-5-3-6-20-39)37-49(53)50-38-42(34-36-54(50)60)46-26-12-10-24-44(46)40-21-7-4-8-22-40/h3-38H,1-2H3. The Morgan fingerprint density at radius 2 is 0.721 bits per heavy atom. The Morgan fingerprint density at radius 1 is 0.311 bits per heavy atom. The number of rotatable bonds is 6. The number of hydrogen-bond acceptors (Lipinski definition) is 0. The van der Waals surface area contributed by atoms with Crippen LogP contribution in [0.3, 0.4) is 0 Å². The van der Waals surface area contributed by atoms with Crippen LogP contribution in [0.25, 0.3) is 99.8 Å². The highest BCUT2D eigenvalue weighted by Gasteiger charge is 2.40. The number of hydrogen-bond donors (Lipinski definition) is 0. The Labute approximate surface area is 356 Å². The highest BCUT2D eigenvalue weighted by molar-refractivity contribution is 6.13. The van der Waals surface area contributed by atoms with Gasteiger partial charge in [0.05, 0.1) is 33.6 Å². The summed E-state index contributed by atoms with van der Waals surface area (Å²) in [5, 5.41) is 3.75. The SMILES string of the molecule is CC1(C)c2ccccc2-c2c1c1ccccc1n2-c1ccccc1-n1c2ccc(-c3ccccc3-c3ccccc3)cc2c2cc(-c3ccccc3-c3ccccc3)ccc21. The van der Waals surface area contributed by atoms with E-state index in [0.29, 0.717) is 0 Å². The average molecular weight is 779 g/mol. The van der Waals surface area contributed by atoms with Crippen molar-refractivity contribution < 1.29 is 0 Å². The molecule has 2 nitrogen and oxygen atoms in total. The van der Waals surface area contributed by atoms with E-state index in [1.807, 2.05) is 0 Å². The van der Waals surface area contributed by atoms with E-state index in [-0.39, 0.29) is 5.41 Å². The van der Waals surface area contributed by atoms with Crippen molar-refractivity contribution in [2.24, 2.45) is 0 Å². The third kappa shape index (κ3) is 5.35. The summed E-state index contributed by atoms with van der Waals surface area (Å²) in [5.41, 5.74) is 20.8. The second kappa shape index (κ2) is 13.7. The number of para-hydroxylation sites is 3. The Bertz CT molecular complexity index is 3350. The number of benzene rings is 9.